The van der Waals surface area contributed by atoms with Gasteiger partial charge in [0.15, 0.2) is 5.75 Å². The topological polar surface area (TPSA) is 42.0 Å². The highest BCUT2D eigenvalue weighted by Gasteiger charge is 2.21. The van der Waals surface area contributed by atoms with Crippen molar-refractivity contribution in [1.82, 2.24) is 4.98 Å². The number of phenols is 1. The molecule has 0 saturated carbocycles. The molecule has 1 aliphatic rings. The van der Waals surface area contributed by atoms with Gasteiger partial charge in [-0.05, 0) is 12.1 Å². The second kappa shape index (κ2) is 5.56. The molecule has 4 nitrogen and oxygen atoms in total. The predicted octanol–water partition coefficient (Wildman–Crippen LogP) is -0.493. The van der Waals surface area contributed by atoms with Crippen LogP contribution in [-0.4, -0.2) is 43.3 Å². The average Bonchev–Trinajstić information content (AvgIpc) is 2.47. The number of aromatic hydroxyl groups is 1. The molecule has 5 heteroatoms. The Balaban J connectivity index is 1.93. The van der Waals surface area contributed by atoms with Crippen LogP contribution in [0.4, 0.5) is 0 Å². The van der Waals surface area contributed by atoms with Gasteiger partial charge in [0.2, 0.25) is 0 Å². The molecule has 0 amide bonds. The first-order valence-electron chi connectivity index (χ1n) is 7.05. The van der Waals surface area contributed by atoms with E-state index in [0.29, 0.717) is 10.5 Å². The van der Waals surface area contributed by atoms with Gasteiger partial charge < -0.3 is 14.9 Å². The molecule has 106 valence electrons. The summed E-state index contributed by atoms with van der Waals surface area (Å²) in [4.78, 5) is 7.43. The first kappa shape index (κ1) is 13.6. The Hall–Kier alpha value is -1.36. The third-order valence-electron chi connectivity index (χ3n) is 4.16. The molecule has 0 aliphatic carbocycles. The maximum atomic E-state index is 10.0. The highest BCUT2D eigenvalue weighted by molar-refractivity contribution is 6.33. The molecule has 0 spiro atoms. The molecule has 0 bridgehead atoms. The molecule has 1 aromatic heterocycles. The molecule has 20 heavy (non-hydrogen) atoms. The molecular formula is C15H20ClN3O+2. The van der Waals surface area contributed by atoms with Crippen molar-refractivity contribution in [3.05, 3.63) is 35.0 Å². The molecule has 1 aromatic carbocycles. The van der Waals surface area contributed by atoms with Crippen molar-refractivity contribution in [2.24, 2.45) is 0 Å². The molecule has 3 N–H and O–H groups in total. The van der Waals surface area contributed by atoms with Crippen molar-refractivity contribution in [3.8, 4) is 5.75 Å². The second-order valence-corrected chi connectivity index (χ2v) is 6.06. The highest BCUT2D eigenvalue weighted by Crippen LogP contribution is 2.33. The normalized spacial score (nSPS) is 23.1. The Morgan fingerprint density at radius 1 is 1.30 bits per heavy atom. The smallest absolute Gasteiger partial charge is 0.160 e. The lowest BCUT2D eigenvalue weighted by Crippen LogP contribution is -3.26. The van der Waals surface area contributed by atoms with Gasteiger partial charge in [0.25, 0.3) is 0 Å². The summed E-state index contributed by atoms with van der Waals surface area (Å²) in [6.07, 6.45) is 1.69. The number of aromatic nitrogens is 1. The number of halogens is 1. The number of hydrogen-bond acceptors (Lipinski definition) is 2. The third kappa shape index (κ3) is 2.59. The minimum absolute atomic E-state index is 0.0869. The zero-order chi connectivity index (χ0) is 14.1. The first-order chi connectivity index (χ1) is 9.65. The van der Waals surface area contributed by atoms with E-state index >= 15 is 0 Å². The van der Waals surface area contributed by atoms with Crippen molar-refractivity contribution in [2.75, 3.05) is 33.2 Å². The van der Waals surface area contributed by atoms with Crippen LogP contribution in [0.1, 0.15) is 5.56 Å². The van der Waals surface area contributed by atoms with Gasteiger partial charge in [-0.2, -0.15) is 0 Å². The Bertz CT molecular complexity index is 624. The van der Waals surface area contributed by atoms with Crippen LogP contribution in [0, 0.1) is 0 Å². The largest absolute Gasteiger partial charge is 0.504 e. The van der Waals surface area contributed by atoms with E-state index in [1.807, 2.05) is 18.2 Å². The molecule has 1 saturated heterocycles. The molecule has 1 fully saturated rings. The highest BCUT2D eigenvalue weighted by atomic mass is 35.5. The fourth-order valence-electron chi connectivity index (χ4n) is 2.89. The molecule has 0 radical (unpaired) electrons. The third-order valence-corrected chi connectivity index (χ3v) is 4.44. The lowest BCUT2D eigenvalue weighted by molar-refractivity contribution is -1.01. The van der Waals surface area contributed by atoms with Crippen molar-refractivity contribution in [2.45, 2.75) is 6.54 Å². The quantitative estimate of drug-likeness (QED) is 0.699. The Morgan fingerprint density at radius 3 is 2.80 bits per heavy atom. The summed E-state index contributed by atoms with van der Waals surface area (Å²) in [7, 11) is 2.24. The van der Waals surface area contributed by atoms with Gasteiger partial charge >= 0.3 is 0 Å². The number of likely N-dealkylation sites (N-methyl/N-ethyl adjacent to an activating group) is 1. The molecule has 0 atom stereocenters. The summed E-state index contributed by atoms with van der Waals surface area (Å²) < 4.78 is 0. The summed E-state index contributed by atoms with van der Waals surface area (Å²) >= 11 is 6.13. The fraction of sp³-hybridized carbons (Fsp3) is 0.400. The number of rotatable bonds is 2. The molecule has 1 aliphatic heterocycles. The Morgan fingerprint density at radius 2 is 2.05 bits per heavy atom. The van der Waals surface area contributed by atoms with Gasteiger partial charge in [-0.15, -0.1) is 0 Å². The summed E-state index contributed by atoms with van der Waals surface area (Å²) in [5.74, 6) is 0.0869. The van der Waals surface area contributed by atoms with E-state index in [1.54, 1.807) is 16.0 Å². The van der Waals surface area contributed by atoms with E-state index < -0.39 is 0 Å². The fourth-order valence-corrected chi connectivity index (χ4v) is 3.11. The van der Waals surface area contributed by atoms with Crippen LogP contribution in [-0.2, 0) is 6.54 Å². The number of fused-ring (bicyclic) bond motifs is 1. The molecular weight excluding hydrogens is 274 g/mol. The summed E-state index contributed by atoms with van der Waals surface area (Å²) in [6.45, 7) is 5.70. The van der Waals surface area contributed by atoms with Gasteiger partial charge in [-0.25, -0.2) is 0 Å². The van der Waals surface area contributed by atoms with Gasteiger partial charge in [0.05, 0.1) is 12.1 Å². The van der Waals surface area contributed by atoms with Crippen LogP contribution in [0.25, 0.3) is 10.9 Å². The van der Waals surface area contributed by atoms with E-state index in [2.05, 4.69) is 12.0 Å². The summed E-state index contributed by atoms with van der Waals surface area (Å²) in [6, 6.07) is 5.80. The molecule has 2 aromatic rings. The van der Waals surface area contributed by atoms with Crippen LogP contribution < -0.4 is 9.80 Å². The number of hydrogen-bond donors (Lipinski definition) is 3. The number of nitrogens with zero attached hydrogens (tertiary/aromatic N) is 1. The molecule has 3 rings (SSSR count). The summed E-state index contributed by atoms with van der Waals surface area (Å²) in [5.41, 5.74) is 1.78. The number of phenolic OH excluding ortho intramolecular Hbond substituents is 1. The zero-order valence-electron chi connectivity index (χ0n) is 11.6. The van der Waals surface area contributed by atoms with E-state index in [-0.39, 0.29) is 5.75 Å². The lowest BCUT2D eigenvalue weighted by Gasteiger charge is -2.27. The molecule has 0 unspecified atom stereocenters. The number of piperazine rings is 1. The molecule has 2 heterocycles. The van der Waals surface area contributed by atoms with Crippen molar-refractivity contribution < 1.29 is 14.9 Å². The zero-order valence-corrected chi connectivity index (χ0v) is 12.4. The second-order valence-electron chi connectivity index (χ2n) is 5.65. The van der Waals surface area contributed by atoms with Crippen LogP contribution in [0.15, 0.2) is 24.4 Å². The predicted molar refractivity (Wildman–Crippen MR) is 79.4 cm³/mol. The SMILES string of the molecule is C[NH+]1CC[NH+](Cc2cc(Cl)c(O)c3ncccc23)CC1. The van der Waals surface area contributed by atoms with Crippen LogP contribution in [0.2, 0.25) is 5.02 Å². The minimum atomic E-state index is 0.0869. The van der Waals surface area contributed by atoms with Gasteiger partial charge in [-0.3, -0.25) is 4.98 Å². The van der Waals surface area contributed by atoms with Crippen LogP contribution in [0.5, 0.6) is 5.75 Å². The van der Waals surface area contributed by atoms with Gasteiger partial charge in [0, 0.05) is 17.1 Å². The van der Waals surface area contributed by atoms with Crippen molar-refractivity contribution in [1.29, 1.82) is 0 Å². The van der Waals surface area contributed by atoms with E-state index in [0.717, 1.165) is 11.9 Å². The maximum Gasteiger partial charge on any atom is 0.160 e. The Labute approximate surface area is 123 Å². The number of pyridine rings is 1. The lowest BCUT2D eigenvalue weighted by atomic mass is 10.1. The van der Waals surface area contributed by atoms with E-state index in [1.165, 1.54) is 31.7 Å². The van der Waals surface area contributed by atoms with Crippen LogP contribution in [0.3, 0.4) is 0 Å². The maximum absolute atomic E-state index is 10.0. The van der Waals surface area contributed by atoms with Gasteiger partial charge in [-0.1, -0.05) is 17.7 Å². The number of nitrogens with one attached hydrogen (secondary N) is 2. The van der Waals surface area contributed by atoms with Crippen molar-refractivity contribution in [3.63, 3.8) is 0 Å². The standard InChI is InChI=1S/C15H18ClN3O/c1-18-5-7-19(8-6-18)10-11-9-13(16)15(20)14-12(11)3-2-4-17-14/h2-4,9,20H,5-8,10H2,1H3/p+2. The van der Waals surface area contributed by atoms with E-state index in [4.69, 9.17) is 11.6 Å². The van der Waals surface area contributed by atoms with Crippen LogP contribution >= 0.6 is 11.6 Å². The Kier molecular flexibility index (Phi) is 3.78. The number of quaternary nitrogens is 2. The average molecular weight is 294 g/mol. The number of benzene rings is 1. The monoisotopic (exact) mass is 293 g/mol. The minimum Gasteiger partial charge on any atom is -0.504 e. The summed E-state index contributed by atoms with van der Waals surface area (Å²) in [5, 5.41) is 11.4. The van der Waals surface area contributed by atoms with Gasteiger partial charge in [0.1, 0.15) is 38.2 Å². The first-order valence-corrected chi connectivity index (χ1v) is 7.43. The van der Waals surface area contributed by atoms with Crippen molar-refractivity contribution >= 4 is 22.5 Å². The van der Waals surface area contributed by atoms with E-state index in [9.17, 15) is 5.11 Å².